The van der Waals surface area contributed by atoms with Crippen LogP contribution in [0.1, 0.15) is 57.0 Å². The van der Waals surface area contributed by atoms with Crippen LogP contribution >= 0.6 is 0 Å². The van der Waals surface area contributed by atoms with E-state index in [0.29, 0.717) is 5.82 Å². The van der Waals surface area contributed by atoms with E-state index in [1.165, 1.54) is 23.0 Å². The highest BCUT2D eigenvalue weighted by Crippen LogP contribution is 2.26. The van der Waals surface area contributed by atoms with Gasteiger partial charge in [0.15, 0.2) is 0 Å². The molecule has 1 heterocycles. The van der Waals surface area contributed by atoms with Gasteiger partial charge < -0.3 is 5.32 Å². The highest BCUT2D eigenvalue weighted by atomic mass is 16.1. The average Bonchev–Trinajstić information content (AvgIpc) is 2.97. The Labute approximate surface area is 125 Å². The zero-order valence-electron chi connectivity index (χ0n) is 13.5. The Kier molecular flexibility index (Phi) is 4.11. The van der Waals surface area contributed by atoms with Gasteiger partial charge in [-0.05, 0) is 69.4 Å². The molecule has 0 saturated carbocycles. The van der Waals surface area contributed by atoms with Gasteiger partial charge in [0.1, 0.15) is 12.2 Å². The quantitative estimate of drug-likeness (QED) is 0.911. The van der Waals surface area contributed by atoms with Crippen LogP contribution in [-0.4, -0.2) is 21.1 Å². The van der Waals surface area contributed by atoms with E-state index in [9.17, 15) is 4.79 Å². The van der Waals surface area contributed by atoms with Crippen LogP contribution in [0.5, 0.6) is 0 Å². The second-order valence-electron chi connectivity index (χ2n) is 5.57. The Morgan fingerprint density at radius 3 is 2.05 bits per heavy atom. The summed E-state index contributed by atoms with van der Waals surface area (Å²) in [6.07, 6.45) is 1.44. The van der Waals surface area contributed by atoms with E-state index in [4.69, 9.17) is 0 Å². The molecule has 0 fully saturated rings. The van der Waals surface area contributed by atoms with Gasteiger partial charge in [-0.15, -0.1) is 0 Å². The number of carbonyl (C=O) groups excluding carboxylic acids is 1. The van der Waals surface area contributed by atoms with E-state index < -0.39 is 0 Å². The molecule has 2 aromatic rings. The van der Waals surface area contributed by atoms with E-state index in [1.54, 1.807) is 0 Å². The Bertz CT molecular complexity index is 645. The maximum Gasteiger partial charge on any atom is 0.252 e. The van der Waals surface area contributed by atoms with Crippen LogP contribution in [0, 0.1) is 34.6 Å². The highest BCUT2D eigenvalue weighted by Gasteiger charge is 2.20. The molecule has 1 amide bonds. The van der Waals surface area contributed by atoms with E-state index in [-0.39, 0.29) is 11.9 Å². The number of H-pyrrole nitrogens is 1. The summed E-state index contributed by atoms with van der Waals surface area (Å²) >= 11 is 0. The second-order valence-corrected chi connectivity index (χ2v) is 5.57. The molecule has 5 nitrogen and oxygen atoms in total. The number of benzene rings is 1. The van der Waals surface area contributed by atoms with Gasteiger partial charge >= 0.3 is 0 Å². The summed E-state index contributed by atoms with van der Waals surface area (Å²) in [4.78, 5) is 16.7. The minimum atomic E-state index is -0.208. The van der Waals surface area contributed by atoms with Crippen LogP contribution in [0.2, 0.25) is 0 Å². The summed E-state index contributed by atoms with van der Waals surface area (Å²) in [5.74, 6) is 0.583. The maximum atomic E-state index is 12.6. The topological polar surface area (TPSA) is 70.7 Å². The van der Waals surface area contributed by atoms with Gasteiger partial charge in [-0.3, -0.25) is 9.89 Å². The summed E-state index contributed by atoms with van der Waals surface area (Å²) in [5.41, 5.74) is 6.45. The smallest absolute Gasteiger partial charge is 0.252 e. The number of hydrogen-bond donors (Lipinski definition) is 2. The van der Waals surface area contributed by atoms with E-state index in [2.05, 4.69) is 41.3 Å². The predicted molar refractivity (Wildman–Crippen MR) is 82.4 cm³/mol. The van der Waals surface area contributed by atoms with Gasteiger partial charge in [-0.1, -0.05) is 0 Å². The molecule has 21 heavy (non-hydrogen) atoms. The predicted octanol–water partition coefficient (Wildman–Crippen LogP) is 2.84. The van der Waals surface area contributed by atoms with Crippen molar-refractivity contribution in [1.82, 2.24) is 20.5 Å². The molecule has 0 spiro atoms. The Hall–Kier alpha value is -2.17. The molecule has 0 radical (unpaired) electrons. The zero-order valence-corrected chi connectivity index (χ0v) is 13.5. The largest absolute Gasteiger partial charge is 0.342 e. The minimum absolute atomic E-state index is 0.0694. The third-order valence-electron chi connectivity index (χ3n) is 4.42. The molecular formula is C16H22N4O. The lowest BCUT2D eigenvalue weighted by Crippen LogP contribution is -2.29. The number of aromatic amines is 1. The summed E-state index contributed by atoms with van der Waals surface area (Å²) in [6.45, 7) is 12.1. The Balaban J connectivity index is 2.36. The number of aromatic nitrogens is 3. The fourth-order valence-electron chi connectivity index (χ4n) is 2.60. The molecule has 0 bridgehead atoms. The molecule has 1 atom stereocenters. The van der Waals surface area contributed by atoms with Crippen LogP contribution in [0.15, 0.2) is 6.33 Å². The Morgan fingerprint density at radius 2 is 1.57 bits per heavy atom. The van der Waals surface area contributed by atoms with Crippen molar-refractivity contribution in [3.63, 3.8) is 0 Å². The van der Waals surface area contributed by atoms with Gasteiger partial charge in [-0.25, -0.2) is 4.98 Å². The summed E-state index contributed by atoms with van der Waals surface area (Å²) in [5, 5.41) is 9.57. The fourth-order valence-corrected chi connectivity index (χ4v) is 2.60. The first-order chi connectivity index (χ1) is 9.84. The number of hydrogen-bond acceptors (Lipinski definition) is 3. The molecule has 5 heteroatoms. The van der Waals surface area contributed by atoms with Crippen molar-refractivity contribution in [2.75, 3.05) is 0 Å². The summed E-state index contributed by atoms with van der Waals surface area (Å²) in [7, 11) is 0. The van der Waals surface area contributed by atoms with Crippen LogP contribution < -0.4 is 5.32 Å². The minimum Gasteiger partial charge on any atom is -0.342 e. The number of rotatable bonds is 3. The molecule has 2 rings (SSSR count). The van der Waals surface area contributed by atoms with E-state index >= 15 is 0 Å². The zero-order chi connectivity index (χ0) is 15.7. The molecule has 1 aromatic heterocycles. The summed E-state index contributed by atoms with van der Waals surface area (Å²) < 4.78 is 0. The van der Waals surface area contributed by atoms with Crippen molar-refractivity contribution in [3.05, 3.63) is 45.5 Å². The lowest BCUT2D eigenvalue weighted by Gasteiger charge is -2.19. The van der Waals surface area contributed by atoms with Crippen molar-refractivity contribution in [2.45, 2.75) is 47.6 Å². The SMILES string of the molecule is Cc1c(C)c(C)c(C(=O)NC(C)c2ncn[nH]2)c(C)c1C. The molecular weight excluding hydrogens is 264 g/mol. The third kappa shape index (κ3) is 2.68. The first-order valence-electron chi connectivity index (χ1n) is 7.07. The van der Waals surface area contributed by atoms with Crippen LogP contribution in [0.4, 0.5) is 0 Å². The molecule has 0 aliphatic heterocycles. The monoisotopic (exact) mass is 286 g/mol. The van der Waals surface area contributed by atoms with Crippen molar-refractivity contribution in [3.8, 4) is 0 Å². The number of nitrogens with one attached hydrogen (secondary N) is 2. The van der Waals surface area contributed by atoms with Gasteiger partial charge in [-0.2, -0.15) is 5.10 Å². The van der Waals surface area contributed by atoms with Gasteiger partial charge in [0.25, 0.3) is 5.91 Å². The molecule has 2 N–H and O–H groups in total. The fraction of sp³-hybridized carbons (Fsp3) is 0.438. The lowest BCUT2D eigenvalue weighted by molar-refractivity contribution is 0.0937. The highest BCUT2D eigenvalue weighted by molar-refractivity contribution is 5.98. The van der Waals surface area contributed by atoms with Crippen molar-refractivity contribution in [2.24, 2.45) is 0 Å². The second kappa shape index (κ2) is 5.68. The van der Waals surface area contributed by atoms with Crippen LogP contribution in [0.25, 0.3) is 0 Å². The molecule has 1 unspecified atom stereocenters. The molecule has 0 aliphatic rings. The van der Waals surface area contributed by atoms with E-state index in [0.717, 1.165) is 16.7 Å². The van der Waals surface area contributed by atoms with Crippen LogP contribution in [0.3, 0.4) is 0 Å². The third-order valence-corrected chi connectivity index (χ3v) is 4.42. The number of carbonyl (C=O) groups is 1. The summed E-state index contributed by atoms with van der Waals surface area (Å²) in [6, 6.07) is -0.208. The number of nitrogens with zero attached hydrogens (tertiary/aromatic N) is 2. The molecule has 0 aliphatic carbocycles. The molecule has 112 valence electrons. The number of amides is 1. The van der Waals surface area contributed by atoms with Crippen molar-refractivity contribution >= 4 is 5.91 Å². The van der Waals surface area contributed by atoms with Crippen molar-refractivity contribution < 1.29 is 4.79 Å². The maximum absolute atomic E-state index is 12.6. The first kappa shape index (κ1) is 15.2. The first-order valence-corrected chi connectivity index (χ1v) is 7.07. The Morgan fingerprint density at radius 1 is 1.05 bits per heavy atom. The average molecular weight is 286 g/mol. The van der Waals surface area contributed by atoms with Gasteiger partial charge in [0, 0.05) is 5.56 Å². The van der Waals surface area contributed by atoms with Gasteiger partial charge in [0.2, 0.25) is 0 Å². The van der Waals surface area contributed by atoms with E-state index in [1.807, 2.05) is 20.8 Å². The molecule has 0 saturated heterocycles. The molecule has 1 aromatic carbocycles. The van der Waals surface area contributed by atoms with Crippen molar-refractivity contribution in [1.29, 1.82) is 0 Å². The lowest BCUT2D eigenvalue weighted by atomic mass is 9.89. The van der Waals surface area contributed by atoms with Crippen LogP contribution in [-0.2, 0) is 0 Å². The van der Waals surface area contributed by atoms with Gasteiger partial charge in [0.05, 0.1) is 6.04 Å². The normalized spacial score (nSPS) is 12.3. The standard InChI is InChI=1S/C16H22N4O/c1-8-9(2)11(4)14(12(5)10(8)3)16(21)19-13(6)15-17-7-18-20-15/h7,13H,1-6H3,(H,19,21)(H,17,18,20).